The first-order chi connectivity index (χ1) is 12.4. The van der Waals surface area contributed by atoms with Crippen molar-refractivity contribution in [3.63, 3.8) is 0 Å². The van der Waals surface area contributed by atoms with E-state index in [9.17, 15) is 35.9 Å². The van der Waals surface area contributed by atoms with Crippen LogP contribution in [0.3, 0.4) is 0 Å². The van der Waals surface area contributed by atoms with Crippen LogP contribution in [0.4, 0.5) is 32.0 Å². The number of rotatable bonds is 4. The Balaban J connectivity index is 2.11. The molecule has 0 radical (unpaired) electrons. The maximum Gasteiger partial charge on any atom is 0.416 e. The molecule has 1 aromatic heterocycles. The van der Waals surface area contributed by atoms with Gasteiger partial charge >= 0.3 is 18.3 Å². The number of halogens is 6. The van der Waals surface area contributed by atoms with E-state index < -0.39 is 47.7 Å². The van der Waals surface area contributed by atoms with Gasteiger partial charge in [-0.15, -0.1) is 0 Å². The van der Waals surface area contributed by atoms with Crippen LogP contribution in [0.5, 0.6) is 0 Å². The number of nitrogens with zero attached hydrogens (tertiary/aromatic N) is 2. The van der Waals surface area contributed by atoms with E-state index in [2.05, 4.69) is 9.84 Å². The third-order valence-electron chi connectivity index (χ3n) is 3.15. The predicted octanol–water partition coefficient (Wildman–Crippen LogP) is 3.25. The number of esters is 1. The molecule has 27 heavy (non-hydrogen) atoms. The molecule has 0 fully saturated rings. The zero-order valence-corrected chi connectivity index (χ0v) is 13.5. The molecule has 6 nitrogen and oxygen atoms in total. The van der Waals surface area contributed by atoms with Crippen molar-refractivity contribution in [2.75, 3.05) is 11.9 Å². The van der Waals surface area contributed by atoms with Crippen LogP contribution < -0.4 is 5.32 Å². The zero-order chi connectivity index (χ0) is 20.4. The Hall–Kier alpha value is -3.05. The lowest BCUT2D eigenvalue weighted by molar-refractivity contribution is -0.143. The lowest BCUT2D eigenvalue weighted by Gasteiger charge is -2.14. The lowest BCUT2D eigenvalue weighted by Crippen LogP contribution is -2.21. The number of benzene rings is 1. The van der Waals surface area contributed by atoms with Crippen LogP contribution in [0.25, 0.3) is 0 Å². The van der Waals surface area contributed by atoms with Gasteiger partial charge in [0.15, 0.2) is 6.61 Å². The molecular weight excluding hydrogens is 384 g/mol. The summed E-state index contributed by atoms with van der Waals surface area (Å²) in [4.78, 5) is 23.3. The Morgan fingerprint density at radius 1 is 1.07 bits per heavy atom. The van der Waals surface area contributed by atoms with E-state index >= 15 is 0 Å². The SMILES string of the molecule is Cn1cc(C(=O)OCC(=O)Nc2cc(C(F)(F)F)cc(C(F)(F)F)c2)cn1. The minimum absolute atomic E-state index is 0.0173. The number of hydrogen-bond acceptors (Lipinski definition) is 4. The molecular formula is C15H11F6N3O3. The van der Waals surface area contributed by atoms with Crippen LogP contribution in [-0.2, 0) is 28.9 Å². The fraction of sp³-hybridized carbons (Fsp3) is 0.267. The largest absolute Gasteiger partial charge is 0.452 e. The molecule has 2 rings (SSSR count). The first-order valence-corrected chi connectivity index (χ1v) is 7.11. The number of alkyl halides is 6. The molecule has 0 saturated heterocycles. The second-order valence-electron chi connectivity index (χ2n) is 5.32. The maximum atomic E-state index is 12.8. The van der Waals surface area contributed by atoms with Gasteiger partial charge in [0, 0.05) is 18.9 Å². The number of nitrogens with one attached hydrogen (secondary N) is 1. The van der Waals surface area contributed by atoms with Gasteiger partial charge in [-0.1, -0.05) is 0 Å². The van der Waals surface area contributed by atoms with E-state index in [4.69, 9.17) is 0 Å². The molecule has 1 heterocycles. The monoisotopic (exact) mass is 395 g/mol. The fourth-order valence-electron chi connectivity index (χ4n) is 1.97. The van der Waals surface area contributed by atoms with Crippen molar-refractivity contribution >= 4 is 17.6 Å². The number of aromatic nitrogens is 2. The molecule has 0 aliphatic heterocycles. The van der Waals surface area contributed by atoms with Crippen LogP contribution >= 0.6 is 0 Å². The Morgan fingerprint density at radius 3 is 2.07 bits per heavy atom. The molecule has 146 valence electrons. The van der Waals surface area contributed by atoms with Gasteiger partial charge in [-0.25, -0.2) is 4.79 Å². The molecule has 1 aromatic carbocycles. The highest BCUT2D eigenvalue weighted by Gasteiger charge is 2.37. The number of carbonyl (C=O) groups excluding carboxylic acids is 2. The smallest absolute Gasteiger partial charge is 0.416 e. The van der Waals surface area contributed by atoms with Gasteiger partial charge in [-0.2, -0.15) is 31.4 Å². The summed E-state index contributed by atoms with van der Waals surface area (Å²) < 4.78 is 82.5. The molecule has 0 saturated carbocycles. The summed E-state index contributed by atoms with van der Waals surface area (Å²) in [5.41, 5.74) is -3.89. The number of hydrogen-bond donors (Lipinski definition) is 1. The van der Waals surface area contributed by atoms with Crippen molar-refractivity contribution in [1.29, 1.82) is 0 Å². The number of ether oxygens (including phenoxy) is 1. The van der Waals surface area contributed by atoms with Gasteiger partial charge in [-0.3, -0.25) is 9.48 Å². The average molecular weight is 395 g/mol. The number of amides is 1. The van der Waals surface area contributed by atoms with Crippen LogP contribution in [0, 0.1) is 0 Å². The van der Waals surface area contributed by atoms with Crippen molar-refractivity contribution in [2.45, 2.75) is 12.4 Å². The van der Waals surface area contributed by atoms with Gasteiger partial charge < -0.3 is 10.1 Å². The second kappa shape index (κ2) is 7.29. The predicted molar refractivity (Wildman–Crippen MR) is 78.6 cm³/mol. The highest BCUT2D eigenvalue weighted by Crippen LogP contribution is 2.37. The Kier molecular flexibility index (Phi) is 5.47. The molecule has 0 bridgehead atoms. The molecule has 2 aromatic rings. The summed E-state index contributed by atoms with van der Waals surface area (Å²) >= 11 is 0. The highest BCUT2D eigenvalue weighted by atomic mass is 19.4. The van der Waals surface area contributed by atoms with Crippen molar-refractivity contribution in [2.24, 2.45) is 7.05 Å². The van der Waals surface area contributed by atoms with Gasteiger partial charge in [0.1, 0.15) is 0 Å². The summed E-state index contributed by atoms with van der Waals surface area (Å²) in [6, 6.07) is 0.615. The van der Waals surface area contributed by atoms with Crippen molar-refractivity contribution < 1.29 is 40.7 Å². The normalized spacial score (nSPS) is 12.0. The second-order valence-corrected chi connectivity index (χ2v) is 5.32. The standard InChI is InChI=1S/C15H11F6N3O3/c1-24-6-8(5-22-24)13(26)27-7-12(25)23-11-3-9(14(16,17)18)2-10(4-11)15(19,20)21/h2-6H,7H2,1H3,(H,23,25). The van der Waals surface area contributed by atoms with E-state index in [0.29, 0.717) is 12.1 Å². The Bertz CT molecular complexity index is 825. The third-order valence-corrected chi connectivity index (χ3v) is 3.15. The van der Waals surface area contributed by atoms with Crippen LogP contribution in [-0.4, -0.2) is 28.3 Å². The van der Waals surface area contributed by atoms with E-state index in [0.717, 1.165) is 6.20 Å². The molecule has 1 N–H and O–H groups in total. The van der Waals surface area contributed by atoms with Crippen LogP contribution in [0.2, 0.25) is 0 Å². The molecule has 1 amide bonds. The van der Waals surface area contributed by atoms with Gasteiger partial charge in [-0.05, 0) is 18.2 Å². The summed E-state index contributed by atoms with van der Waals surface area (Å²) in [5, 5.41) is 5.54. The highest BCUT2D eigenvalue weighted by molar-refractivity contribution is 5.95. The average Bonchev–Trinajstić information content (AvgIpc) is 2.97. The Labute approximate surface area is 147 Å². The van der Waals surface area contributed by atoms with Crippen molar-refractivity contribution in [1.82, 2.24) is 9.78 Å². The first-order valence-electron chi connectivity index (χ1n) is 7.11. The Morgan fingerprint density at radius 2 is 1.63 bits per heavy atom. The maximum absolute atomic E-state index is 12.8. The van der Waals surface area contributed by atoms with Gasteiger partial charge in [0.25, 0.3) is 5.91 Å². The van der Waals surface area contributed by atoms with Gasteiger partial charge in [0.05, 0.1) is 22.9 Å². The van der Waals surface area contributed by atoms with Gasteiger partial charge in [0.2, 0.25) is 0 Å². The first kappa shape index (κ1) is 20.3. The summed E-state index contributed by atoms with van der Waals surface area (Å²) in [6.07, 6.45) is -7.65. The zero-order valence-electron chi connectivity index (χ0n) is 13.5. The topological polar surface area (TPSA) is 73.2 Å². The van der Waals surface area contributed by atoms with E-state index in [1.807, 2.05) is 5.32 Å². The fourth-order valence-corrected chi connectivity index (χ4v) is 1.97. The molecule has 0 spiro atoms. The quantitative estimate of drug-likeness (QED) is 0.637. The lowest BCUT2D eigenvalue weighted by atomic mass is 10.1. The van der Waals surface area contributed by atoms with Crippen LogP contribution in [0.1, 0.15) is 21.5 Å². The molecule has 0 aliphatic carbocycles. The number of aryl methyl sites for hydroxylation is 1. The summed E-state index contributed by atoms with van der Waals surface area (Å²) in [5.74, 6) is -2.04. The minimum Gasteiger partial charge on any atom is -0.452 e. The number of anilines is 1. The number of carbonyl (C=O) groups is 2. The molecule has 0 aliphatic rings. The van der Waals surface area contributed by atoms with E-state index in [1.54, 1.807) is 0 Å². The van der Waals surface area contributed by atoms with E-state index in [1.165, 1.54) is 17.9 Å². The summed E-state index contributed by atoms with van der Waals surface area (Å²) in [6.45, 7) is -0.911. The third kappa shape index (κ3) is 5.46. The molecule has 0 atom stereocenters. The molecule has 12 heteroatoms. The van der Waals surface area contributed by atoms with Crippen molar-refractivity contribution in [3.8, 4) is 0 Å². The van der Waals surface area contributed by atoms with Crippen LogP contribution in [0.15, 0.2) is 30.6 Å². The van der Waals surface area contributed by atoms with E-state index in [-0.39, 0.29) is 11.6 Å². The minimum atomic E-state index is -5.05. The molecule has 0 unspecified atom stereocenters. The summed E-state index contributed by atoms with van der Waals surface area (Å²) in [7, 11) is 1.52. The van der Waals surface area contributed by atoms with Crippen molar-refractivity contribution in [3.05, 3.63) is 47.3 Å².